The largest absolute Gasteiger partial charge is 0.504 e. The third kappa shape index (κ3) is 2.65. The number of hydrogen-bond donors (Lipinski definition) is 2. The molecule has 2 N–H and O–H groups in total. The second-order valence-corrected chi connectivity index (χ2v) is 13.2. The molecule has 182 valence electrons. The van der Waals surface area contributed by atoms with Gasteiger partial charge in [-0.05, 0) is 74.0 Å². The van der Waals surface area contributed by atoms with Crippen molar-refractivity contribution < 1.29 is 19.7 Å². The van der Waals surface area contributed by atoms with Gasteiger partial charge in [0.2, 0.25) is 0 Å². The first kappa shape index (κ1) is 22.2. The van der Waals surface area contributed by atoms with Crippen LogP contribution in [0.2, 0.25) is 0 Å². The molecule has 2 bridgehead atoms. The Morgan fingerprint density at radius 2 is 1.94 bits per heavy atom. The number of nitrogens with zero attached hydrogens (tertiary/aromatic N) is 1. The van der Waals surface area contributed by atoms with Crippen LogP contribution in [0.15, 0.2) is 12.1 Å². The van der Waals surface area contributed by atoms with Crippen LogP contribution < -0.4 is 4.74 Å². The van der Waals surface area contributed by atoms with E-state index in [9.17, 15) is 10.2 Å². The van der Waals surface area contributed by atoms with Crippen LogP contribution >= 0.6 is 0 Å². The molecule has 0 aromatic heterocycles. The van der Waals surface area contributed by atoms with Crippen molar-refractivity contribution in [1.29, 1.82) is 0 Å². The molecule has 1 spiro atoms. The predicted octanol–water partition coefficient (Wildman–Crippen LogP) is 4.27. The van der Waals surface area contributed by atoms with E-state index in [1.54, 1.807) is 7.11 Å². The zero-order chi connectivity index (χ0) is 23.6. The predicted molar refractivity (Wildman–Crippen MR) is 128 cm³/mol. The fourth-order valence-electron chi connectivity index (χ4n) is 8.33. The maximum absolute atomic E-state index is 12.0. The van der Waals surface area contributed by atoms with Crippen LogP contribution in [0.25, 0.3) is 0 Å². The fraction of sp³-hybridized carbons (Fsp3) is 0.786. The van der Waals surface area contributed by atoms with Crippen LogP contribution in [0.3, 0.4) is 0 Å². The summed E-state index contributed by atoms with van der Waals surface area (Å²) >= 11 is 0. The monoisotopic (exact) mass is 455 g/mol. The molecule has 2 aliphatic heterocycles. The Labute approximate surface area is 198 Å². The van der Waals surface area contributed by atoms with Gasteiger partial charge in [-0.1, -0.05) is 33.8 Å². The highest BCUT2D eigenvalue weighted by Gasteiger charge is 2.74. The van der Waals surface area contributed by atoms with E-state index < -0.39 is 5.60 Å². The minimum Gasteiger partial charge on any atom is -0.504 e. The van der Waals surface area contributed by atoms with Crippen LogP contribution in [0.1, 0.15) is 71.4 Å². The number of likely N-dealkylation sites (tertiary alicyclic amines) is 1. The van der Waals surface area contributed by atoms with E-state index in [0.717, 1.165) is 31.7 Å². The van der Waals surface area contributed by atoms with E-state index in [0.29, 0.717) is 11.8 Å². The lowest BCUT2D eigenvalue weighted by Gasteiger charge is -2.68. The van der Waals surface area contributed by atoms with Gasteiger partial charge >= 0.3 is 0 Å². The molecule has 6 unspecified atom stereocenters. The summed E-state index contributed by atoms with van der Waals surface area (Å²) in [5, 5.41) is 22.9. The summed E-state index contributed by atoms with van der Waals surface area (Å²) in [5.41, 5.74) is 1.10. The second-order valence-electron chi connectivity index (χ2n) is 13.2. The Bertz CT molecular complexity index is 979. The van der Waals surface area contributed by atoms with E-state index in [-0.39, 0.29) is 40.1 Å². The molecule has 7 atom stereocenters. The molecule has 3 aliphatic carbocycles. The van der Waals surface area contributed by atoms with Gasteiger partial charge in [-0.3, -0.25) is 4.90 Å². The van der Waals surface area contributed by atoms with Crippen LogP contribution in [-0.4, -0.2) is 59.2 Å². The summed E-state index contributed by atoms with van der Waals surface area (Å²) in [7, 11) is 1.77. The van der Waals surface area contributed by atoms with Crippen LogP contribution in [0, 0.1) is 22.7 Å². The van der Waals surface area contributed by atoms with Crippen molar-refractivity contribution in [3.63, 3.8) is 0 Å². The van der Waals surface area contributed by atoms with Crippen LogP contribution in [0.5, 0.6) is 11.5 Å². The number of rotatable bonds is 4. The number of phenolic OH excluding ortho intramolecular Hbond substituents is 1. The molecule has 5 heteroatoms. The van der Waals surface area contributed by atoms with Crippen molar-refractivity contribution in [2.24, 2.45) is 22.7 Å². The summed E-state index contributed by atoms with van der Waals surface area (Å²) in [4.78, 5) is 2.77. The topological polar surface area (TPSA) is 62.2 Å². The average Bonchev–Trinajstić information content (AvgIpc) is 3.47. The Balaban J connectivity index is 1.55. The summed E-state index contributed by atoms with van der Waals surface area (Å²) in [6.07, 6.45) is 5.19. The highest BCUT2D eigenvalue weighted by molar-refractivity contribution is 5.62. The number of aromatic hydroxyl groups is 1. The molecule has 1 aromatic carbocycles. The summed E-state index contributed by atoms with van der Waals surface area (Å²) in [6.45, 7) is 13.1. The number of piperidine rings is 1. The van der Waals surface area contributed by atoms with Crippen molar-refractivity contribution >= 4 is 0 Å². The number of methoxy groups -OCH3 is 1. The van der Waals surface area contributed by atoms with Gasteiger partial charge in [-0.2, -0.15) is 0 Å². The maximum atomic E-state index is 12.0. The van der Waals surface area contributed by atoms with Gasteiger partial charge in [0.25, 0.3) is 0 Å². The molecule has 1 aromatic rings. The Hall–Kier alpha value is -1.30. The molecule has 2 saturated carbocycles. The number of hydrogen-bond acceptors (Lipinski definition) is 5. The molecular formula is C28H41NO4. The third-order valence-electron chi connectivity index (χ3n) is 10.8. The third-order valence-corrected chi connectivity index (χ3v) is 10.8. The molecule has 2 heterocycles. The van der Waals surface area contributed by atoms with Gasteiger partial charge in [0.15, 0.2) is 11.5 Å². The summed E-state index contributed by atoms with van der Waals surface area (Å²) < 4.78 is 13.0. The lowest BCUT2D eigenvalue weighted by atomic mass is 9.40. The van der Waals surface area contributed by atoms with Gasteiger partial charge in [0.1, 0.15) is 12.2 Å². The minimum absolute atomic E-state index is 0.0630. The second kappa shape index (κ2) is 6.67. The average molecular weight is 456 g/mol. The molecule has 5 aliphatic rings. The fourth-order valence-corrected chi connectivity index (χ4v) is 8.33. The quantitative estimate of drug-likeness (QED) is 0.710. The maximum Gasteiger partial charge on any atom is 0.165 e. The number of ether oxygens (including phenoxy) is 2. The first-order chi connectivity index (χ1) is 15.5. The van der Waals surface area contributed by atoms with E-state index in [2.05, 4.69) is 38.7 Å². The van der Waals surface area contributed by atoms with Crippen molar-refractivity contribution in [1.82, 2.24) is 4.90 Å². The summed E-state index contributed by atoms with van der Waals surface area (Å²) in [6, 6.07) is 4.36. The number of phenols is 1. The van der Waals surface area contributed by atoms with Gasteiger partial charge < -0.3 is 19.7 Å². The van der Waals surface area contributed by atoms with Crippen molar-refractivity contribution in [3.8, 4) is 11.5 Å². The lowest BCUT2D eigenvalue weighted by molar-refractivity contribution is -0.231. The number of aliphatic hydroxyl groups is 1. The van der Waals surface area contributed by atoms with E-state index in [1.807, 2.05) is 13.0 Å². The molecule has 33 heavy (non-hydrogen) atoms. The van der Waals surface area contributed by atoms with Gasteiger partial charge in [-0.25, -0.2) is 0 Å². The Kier molecular flexibility index (Phi) is 4.49. The van der Waals surface area contributed by atoms with Crippen molar-refractivity contribution in [2.75, 3.05) is 20.2 Å². The van der Waals surface area contributed by atoms with Crippen LogP contribution in [-0.2, 0) is 16.6 Å². The van der Waals surface area contributed by atoms with Crippen molar-refractivity contribution in [3.05, 3.63) is 23.3 Å². The zero-order valence-corrected chi connectivity index (χ0v) is 21.1. The molecule has 5 nitrogen and oxygen atoms in total. The smallest absolute Gasteiger partial charge is 0.165 e. The van der Waals surface area contributed by atoms with Crippen LogP contribution in [0.4, 0.5) is 0 Å². The first-order valence-electron chi connectivity index (χ1n) is 13.0. The Morgan fingerprint density at radius 1 is 1.21 bits per heavy atom. The van der Waals surface area contributed by atoms with E-state index >= 15 is 0 Å². The normalized spacial score (nSPS) is 41.3. The SMILES string of the molecule is COC1C(C(C)(O)C(C)(C)C)CC2(C)C3Cc4ccc(O)c5c4C2(CCN3CC2CC2)[C@H]1O5. The molecule has 0 radical (unpaired) electrons. The van der Waals surface area contributed by atoms with E-state index in [1.165, 1.54) is 30.5 Å². The standard InChI is InChI=1S/C28H41NO4/c1-25(2,3)27(5,31)18-14-26(4)20-13-17-9-10-19(30)23-21(17)28(26,24(33-23)22(18)32-6)11-12-29(20)15-16-7-8-16/h9-10,16,18,20,22,24,30-31H,7-8,11-15H2,1-6H3/t18?,20?,22?,24-,26?,27?,28?/m0/s1. The minimum atomic E-state index is -0.922. The highest BCUT2D eigenvalue weighted by atomic mass is 16.5. The molecular weight excluding hydrogens is 414 g/mol. The van der Waals surface area contributed by atoms with E-state index in [4.69, 9.17) is 9.47 Å². The first-order valence-corrected chi connectivity index (χ1v) is 13.0. The van der Waals surface area contributed by atoms with Crippen molar-refractivity contribution in [2.45, 2.75) is 96.0 Å². The molecule has 3 fully saturated rings. The van der Waals surface area contributed by atoms with Gasteiger partial charge in [-0.15, -0.1) is 0 Å². The summed E-state index contributed by atoms with van der Waals surface area (Å²) in [5.74, 6) is 1.70. The van der Waals surface area contributed by atoms with Gasteiger partial charge in [0.05, 0.1) is 5.60 Å². The molecule has 1 saturated heterocycles. The Morgan fingerprint density at radius 3 is 2.58 bits per heavy atom. The molecule has 6 rings (SSSR count). The zero-order valence-electron chi connectivity index (χ0n) is 21.1. The molecule has 0 amide bonds. The lowest BCUT2D eigenvalue weighted by Crippen LogP contribution is -2.76. The highest BCUT2D eigenvalue weighted by Crippen LogP contribution is 2.71. The van der Waals surface area contributed by atoms with Gasteiger partial charge in [0, 0.05) is 36.6 Å². The number of benzene rings is 1.